The molecule has 0 spiro atoms. The molecule has 0 N–H and O–H groups in total. The van der Waals surface area contributed by atoms with Gasteiger partial charge in [0.25, 0.3) is 0 Å². The van der Waals surface area contributed by atoms with Gasteiger partial charge in [0, 0.05) is 13.5 Å². The fraction of sp³-hybridized carbons (Fsp3) is 0.357. The van der Waals surface area contributed by atoms with Crippen LogP contribution in [0.1, 0.15) is 10.8 Å². The van der Waals surface area contributed by atoms with E-state index >= 15 is 0 Å². The molecule has 0 atom stereocenters. The molecule has 3 rings (SSSR count). The van der Waals surface area contributed by atoms with E-state index in [0.717, 1.165) is 15.8 Å². The summed E-state index contributed by atoms with van der Waals surface area (Å²) >= 11 is 1.46. The van der Waals surface area contributed by atoms with E-state index in [1.807, 2.05) is 24.3 Å². The molecule has 0 unspecified atom stereocenters. The number of para-hydroxylation sites is 2. The Morgan fingerprint density at radius 1 is 1.14 bits per heavy atom. The van der Waals surface area contributed by atoms with Gasteiger partial charge in [-0.3, -0.25) is 0 Å². The Labute approximate surface area is 131 Å². The van der Waals surface area contributed by atoms with Crippen molar-refractivity contribution in [1.82, 2.24) is 19.8 Å². The van der Waals surface area contributed by atoms with Crippen molar-refractivity contribution in [1.29, 1.82) is 0 Å². The molecule has 8 heteroatoms. The molecule has 7 nitrogen and oxygen atoms in total. The second-order valence-corrected chi connectivity index (χ2v) is 5.53. The van der Waals surface area contributed by atoms with E-state index in [9.17, 15) is 0 Å². The molecular weight excluding hydrogens is 304 g/mol. The maximum absolute atomic E-state index is 5.77. The average molecular weight is 320 g/mol. The maximum atomic E-state index is 5.77. The molecule has 0 radical (unpaired) electrons. The summed E-state index contributed by atoms with van der Waals surface area (Å²) in [5.41, 5.74) is 0. The summed E-state index contributed by atoms with van der Waals surface area (Å²) in [6.45, 7) is 0.948. The van der Waals surface area contributed by atoms with Crippen molar-refractivity contribution in [3.63, 3.8) is 0 Å². The monoisotopic (exact) mass is 320 g/mol. The van der Waals surface area contributed by atoms with Crippen molar-refractivity contribution in [3.05, 3.63) is 35.1 Å². The van der Waals surface area contributed by atoms with Crippen molar-refractivity contribution in [2.24, 2.45) is 0 Å². The Hall–Kier alpha value is -2.19. The maximum Gasteiger partial charge on any atom is 0.234 e. The number of ether oxygens (including phenoxy) is 3. The molecule has 2 heterocycles. The van der Waals surface area contributed by atoms with Gasteiger partial charge in [-0.15, -0.1) is 10.2 Å². The normalized spacial score (nSPS) is 11.0. The van der Waals surface area contributed by atoms with Crippen LogP contribution in [0, 0.1) is 0 Å². The molecule has 22 heavy (non-hydrogen) atoms. The van der Waals surface area contributed by atoms with Crippen LogP contribution in [0.4, 0.5) is 0 Å². The third kappa shape index (κ3) is 3.02. The molecular formula is C14H16N4O3S. The van der Waals surface area contributed by atoms with Crippen LogP contribution in [-0.2, 0) is 17.8 Å². The molecule has 0 fully saturated rings. The summed E-state index contributed by atoms with van der Waals surface area (Å²) in [5.74, 6) is 2.18. The number of hydrogen-bond donors (Lipinski definition) is 0. The number of methoxy groups -OCH3 is 2. The van der Waals surface area contributed by atoms with Gasteiger partial charge in [-0.2, -0.15) is 9.61 Å². The minimum absolute atomic E-state index is 0.359. The van der Waals surface area contributed by atoms with Gasteiger partial charge in [-0.05, 0) is 12.1 Å². The summed E-state index contributed by atoms with van der Waals surface area (Å²) in [5, 5.41) is 13.5. The predicted octanol–water partition coefficient (Wildman–Crippen LogP) is 1.96. The molecule has 2 aromatic heterocycles. The zero-order valence-electron chi connectivity index (χ0n) is 12.4. The fourth-order valence-corrected chi connectivity index (χ4v) is 2.75. The first-order valence-electron chi connectivity index (χ1n) is 6.76. The number of nitrogens with zero attached hydrogens (tertiary/aromatic N) is 4. The molecule has 0 saturated heterocycles. The summed E-state index contributed by atoms with van der Waals surface area (Å²) in [7, 11) is 3.28. The highest BCUT2D eigenvalue weighted by Gasteiger charge is 2.12. The van der Waals surface area contributed by atoms with Crippen LogP contribution < -0.4 is 9.47 Å². The van der Waals surface area contributed by atoms with Gasteiger partial charge in [-0.25, -0.2) is 0 Å². The van der Waals surface area contributed by atoms with Crippen LogP contribution >= 0.6 is 11.3 Å². The first-order chi connectivity index (χ1) is 10.8. The second kappa shape index (κ2) is 6.71. The zero-order chi connectivity index (χ0) is 15.4. The first kappa shape index (κ1) is 14.7. The van der Waals surface area contributed by atoms with E-state index in [-0.39, 0.29) is 0 Å². The van der Waals surface area contributed by atoms with E-state index in [4.69, 9.17) is 14.2 Å². The van der Waals surface area contributed by atoms with Crippen LogP contribution in [0.25, 0.3) is 4.96 Å². The number of fused-ring (bicyclic) bond motifs is 1. The molecule has 0 saturated carbocycles. The van der Waals surface area contributed by atoms with E-state index < -0.39 is 0 Å². The van der Waals surface area contributed by atoms with Crippen molar-refractivity contribution in [2.75, 3.05) is 20.8 Å². The van der Waals surface area contributed by atoms with Gasteiger partial charge in [0.15, 0.2) is 22.3 Å². The number of rotatable bonds is 7. The summed E-state index contributed by atoms with van der Waals surface area (Å²) in [6, 6.07) is 7.52. The van der Waals surface area contributed by atoms with Crippen LogP contribution in [0.2, 0.25) is 0 Å². The highest BCUT2D eigenvalue weighted by molar-refractivity contribution is 7.16. The van der Waals surface area contributed by atoms with Gasteiger partial charge >= 0.3 is 0 Å². The molecule has 0 amide bonds. The SMILES string of the molecule is COCCc1nnc2sc(COc3ccccc3OC)nn12. The Balaban J connectivity index is 1.73. The predicted molar refractivity (Wildman–Crippen MR) is 81.6 cm³/mol. The number of aromatic nitrogens is 4. The van der Waals surface area contributed by atoms with E-state index in [1.165, 1.54) is 11.3 Å². The molecule has 3 aromatic rings. The lowest BCUT2D eigenvalue weighted by molar-refractivity contribution is 0.200. The highest BCUT2D eigenvalue weighted by atomic mass is 32.1. The van der Waals surface area contributed by atoms with E-state index in [0.29, 0.717) is 31.1 Å². The van der Waals surface area contributed by atoms with Crippen LogP contribution in [0.3, 0.4) is 0 Å². The third-order valence-corrected chi connectivity index (χ3v) is 3.92. The van der Waals surface area contributed by atoms with Crippen molar-refractivity contribution in [2.45, 2.75) is 13.0 Å². The Morgan fingerprint density at radius 3 is 2.73 bits per heavy atom. The lowest BCUT2D eigenvalue weighted by atomic mass is 10.3. The molecule has 1 aromatic carbocycles. The van der Waals surface area contributed by atoms with Crippen molar-refractivity contribution >= 4 is 16.3 Å². The molecule has 0 aliphatic heterocycles. The summed E-state index contributed by atoms with van der Waals surface area (Å²) in [4.78, 5) is 0.754. The van der Waals surface area contributed by atoms with Gasteiger partial charge in [0.2, 0.25) is 4.96 Å². The third-order valence-electron chi connectivity index (χ3n) is 3.05. The minimum atomic E-state index is 0.359. The van der Waals surface area contributed by atoms with Crippen LogP contribution in [0.15, 0.2) is 24.3 Å². The Bertz CT molecular complexity index is 755. The zero-order valence-corrected chi connectivity index (χ0v) is 13.2. The second-order valence-electron chi connectivity index (χ2n) is 4.49. The largest absolute Gasteiger partial charge is 0.493 e. The van der Waals surface area contributed by atoms with Gasteiger partial charge in [0.1, 0.15) is 6.61 Å². The number of hydrogen-bond acceptors (Lipinski definition) is 7. The smallest absolute Gasteiger partial charge is 0.234 e. The van der Waals surface area contributed by atoms with Gasteiger partial charge in [-0.1, -0.05) is 23.5 Å². The average Bonchev–Trinajstić information content (AvgIpc) is 3.11. The van der Waals surface area contributed by atoms with Gasteiger partial charge in [0.05, 0.1) is 13.7 Å². The standard InChI is InChI=1S/C14H16N4O3S/c1-19-8-7-12-15-16-14-18(12)17-13(22-14)9-21-11-6-4-3-5-10(11)20-2/h3-6H,7-9H2,1-2H3. The van der Waals surface area contributed by atoms with Crippen molar-refractivity contribution in [3.8, 4) is 11.5 Å². The highest BCUT2D eigenvalue weighted by Crippen LogP contribution is 2.27. The number of benzene rings is 1. The molecule has 0 aliphatic rings. The van der Waals surface area contributed by atoms with Crippen LogP contribution in [0.5, 0.6) is 11.5 Å². The lowest BCUT2D eigenvalue weighted by Gasteiger charge is -2.08. The Kier molecular flexibility index (Phi) is 4.50. The first-order valence-corrected chi connectivity index (χ1v) is 7.58. The summed E-state index contributed by atoms with van der Waals surface area (Å²) in [6.07, 6.45) is 0.675. The lowest BCUT2D eigenvalue weighted by Crippen LogP contribution is -2.03. The molecule has 0 aliphatic carbocycles. The van der Waals surface area contributed by atoms with Crippen LogP contribution in [-0.4, -0.2) is 40.6 Å². The Morgan fingerprint density at radius 2 is 1.95 bits per heavy atom. The molecule has 116 valence electrons. The molecule has 0 bridgehead atoms. The topological polar surface area (TPSA) is 70.8 Å². The quantitative estimate of drug-likeness (QED) is 0.663. The van der Waals surface area contributed by atoms with Crippen molar-refractivity contribution < 1.29 is 14.2 Å². The van der Waals surface area contributed by atoms with E-state index in [2.05, 4.69) is 15.3 Å². The summed E-state index contributed by atoms with van der Waals surface area (Å²) < 4.78 is 17.8. The minimum Gasteiger partial charge on any atom is -0.493 e. The van der Waals surface area contributed by atoms with Gasteiger partial charge < -0.3 is 14.2 Å². The van der Waals surface area contributed by atoms with E-state index in [1.54, 1.807) is 18.7 Å². The fourth-order valence-electron chi connectivity index (χ4n) is 1.98.